The third-order valence-corrected chi connectivity index (χ3v) is 7.21. The lowest BCUT2D eigenvalue weighted by molar-refractivity contribution is -0.143. The van der Waals surface area contributed by atoms with Crippen LogP contribution in [0, 0.1) is 5.41 Å². The van der Waals surface area contributed by atoms with Gasteiger partial charge in [0.25, 0.3) is 0 Å². The molecule has 1 aromatic rings. The Hall–Kier alpha value is -5.50. The number of aliphatic imine (C=N–C) groups is 1. The number of aliphatic hydroxyl groups excluding tert-OH is 1. The van der Waals surface area contributed by atoms with Crippen LogP contribution in [-0.2, 0) is 40.2 Å². The molecule has 0 aromatic heterocycles. The summed E-state index contributed by atoms with van der Waals surface area (Å²) in [7, 11) is 0. The van der Waals surface area contributed by atoms with E-state index in [0.717, 1.165) is 12.1 Å². The van der Waals surface area contributed by atoms with Crippen molar-refractivity contribution in [3.8, 4) is 11.5 Å². The number of hydrogen-bond acceptors (Lipinski definition) is 12. The van der Waals surface area contributed by atoms with Gasteiger partial charge in [-0.2, -0.15) is 0 Å². The lowest BCUT2D eigenvalue weighted by atomic mass is 9.85. The second-order valence-electron chi connectivity index (χ2n) is 12.3. The number of carbonyl (C=O) groups is 7. The van der Waals surface area contributed by atoms with Crippen LogP contribution in [0.25, 0.3) is 0 Å². The molecular weight excluding hydrogens is 662 g/mol. The fourth-order valence-electron chi connectivity index (χ4n) is 4.60. The van der Waals surface area contributed by atoms with E-state index in [4.69, 9.17) is 22.9 Å². The van der Waals surface area contributed by atoms with Gasteiger partial charge in [0, 0.05) is 6.42 Å². The Labute approximate surface area is 287 Å². The highest BCUT2D eigenvalue weighted by molar-refractivity contribution is 5.98. The van der Waals surface area contributed by atoms with Crippen molar-refractivity contribution in [1.82, 2.24) is 21.3 Å². The van der Waals surface area contributed by atoms with Crippen LogP contribution in [0.2, 0.25) is 0 Å². The van der Waals surface area contributed by atoms with Crippen molar-refractivity contribution in [2.75, 3.05) is 6.54 Å². The van der Waals surface area contributed by atoms with E-state index in [1.165, 1.54) is 0 Å². The second kappa shape index (κ2) is 19.5. The van der Waals surface area contributed by atoms with Gasteiger partial charge in [-0.3, -0.25) is 24.0 Å². The summed E-state index contributed by atoms with van der Waals surface area (Å²) in [4.78, 5) is 91.8. The topological polar surface area (TPSA) is 365 Å². The highest BCUT2D eigenvalue weighted by Gasteiger charge is 2.38. The minimum absolute atomic E-state index is 0.0178. The number of hydrogen-bond donors (Lipinski definition) is 12. The van der Waals surface area contributed by atoms with Crippen LogP contribution < -0.4 is 44.2 Å². The van der Waals surface area contributed by atoms with Crippen molar-refractivity contribution < 1.29 is 54.0 Å². The summed E-state index contributed by atoms with van der Waals surface area (Å²) < 4.78 is 0. The van der Waals surface area contributed by atoms with Gasteiger partial charge in [0.15, 0.2) is 12.0 Å². The summed E-state index contributed by atoms with van der Waals surface area (Å²) in [5.41, 5.74) is 20.4. The zero-order chi connectivity index (χ0) is 38.3. The fraction of sp³-hybridized carbons (Fsp3) is 0.533. The maximum Gasteiger partial charge on any atom is 0.326 e. The molecule has 0 bridgehead atoms. The molecule has 1 unspecified atom stereocenters. The summed E-state index contributed by atoms with van der Waals surface area (Å²) >= 11 is 0. The van der Waals surface area contributed by atoms with E-state index < -0.39 is 108 Å². The largest absolute Gasteiger partial charge is 0.507 e. The van der Waals surface area contributed by atoms with Gasteiger partial charge in [0.05, 0.1) is 18.6 Å². The number of nitrogens with one attached hydrogen (secondary N) is 4. The number of amides is 5. The third kappa shape index (κ3) is 13.2. The zero-order valence-corrected chi connectivity index (χ0v) is 28.0. The molecule has 5 atom stereocenters. The van der Waals surface area contributed by atoms with Gasteiger partial charge in [0.2, 0.25) is 29.5 Å². The number of aliphatic hydroxyl groups is 1. The molecule has 1 rings (SSSR count). The Bertz CT molecular complexity index is 1420. The molecule has 5 amide bonds. The molecule has 0 saturated heterocycles. The quantitative estimate of drug-likeness (QED) is 0.0271. The van der Waals surface area contributed by atoms with Crippen molar-refractivity contribution in [1.29, 1.82) is 0 Å². The number of primary amides is 1. The average Bonchev–Trinajstić information content (AvgIpc) is 3.00. The van der Waals surface area contributed by atoms with E-state index in [2.05, 4.69) is 26.3 Å². The average molecular weight is 710 g/mol. The van der Waals surface area contributed by atoms with Crippen LogP contribution in [0.15, 0.2) is 17.1 Å². The van der Waals surface area contributed by atoms with Gasteiger partial charge in [-0.05, 0) is 48.9 Å². The molecule has 0 radical (unpaired) electrons. The number of unbranched alkanes of at least 4 members (excludes halogenated alkanes) is 1. The van der Waals surface area contributed by atoms with Crippen LogP contribution in [0.4, 0.5) is 0 Å². The molecule has 20 heteroatoms. The number of benzene rings is 1. The summed E-state index contributed by atoms with van der Waals surface area (Å²) in [5, 5.41) is 48.6. The number of phenols is 2. The van der Waals surface area contributed by atoms with E-state index in [-0.39, 0.29) is 24.1 Å². The van der Waals surface area contributed by atoms with Gasteiger partial charge in [-0.15, -0.1) is 0 Å². The van der Waals surface area contributed by atoms with E-state index in [1.807, 2.05) is 0 Å². The SMILES string of the molecule is CC(C)(C)C(NC(=O)[C@H](CC(N)=O)NC(=O)[C@H](N=C(N)N)c1cc(O)c(CO)c(O)c1)C(=O)N[C@@H](CCCCN)C(=O)N[C@@H](CC=O)C(=O)O. The summed E-state index contributed by atoms with van der Waals surface area (Å²) in [6, 6.07) is -5.74. The molecule has 0 spiro atoms. The lowest BCUT2D eigenvalue weighted by Crippen LogP contribution is -2.61. The maximum absolute atomic E-state index is 13.6. The van der Waals surface area contributed by atoms with Gasteiger partial charge < -0.3 is 69.4 Å². The molecule has 50 heavy (non-hydrogen) atoms. The Morgan fingerprint density at radius 1 is 0.840 bits per heavy atom. The van der Waals surface area contributed by atoms with Crippen LogP contribution >= 0.6 is 0 Å². The number of aliphatic carboxylic acids is 1. The number of nitrogens with zero attached hydrogens (tertiary/aromatic N) is 1. The van der Waals surface area contributed by atoms with Crippen molar-refractivity contribution >= 4 is 47.8 Å². The number of aromatic hydroxyl groups is 2. The number of carbonyl (C=O) groups excluding carboxylic acids is 6. The molecule has 0 saturated carbocycles. The summed E-state index contributed by atoms with van der Waals surface area (Å²) in [6.45, 7) is 4.22. The maximum atomic E-state index is 13.6. The summed E-state index contributed by atoms with van der Waals surface area (Å²) in [5.74, 6) is -8.30. The molecular formula is C30H47N9O11. The van der Waals surface area contributed by atoms with Crippen LogP contribution in [0.5, 0.6) is 11.5 Å². The monoisotopic (exact) mass is 709 g/mol. The second-order valence-corrected chi connectivity index (χ2v) is 12.3. The molecule has 1 aromatic carbocycles. The van der Waals surface area contributed by atoms with E-state index >= 15 is 0 Å². The van der Waals surface area contributed by atoms with Gasteiger partial charge in [0.1, 0.15) is 42.0 Å². The molecule has 0 aliphatic heterocycles. The predicted molar refractivity (Wildman–Crippen MR) is 176 cm³/mol. The van der Waals surface area contributed by atoms with Gasteiger partial charge in [-0.1, -0.05) is 20.8 Å². The van der Waals surface area contributed by atoms with Gasteiger partial charge in [-0.25, -0.2) is 9.79 Å². The molecule has 278 valence electrons. The predicted octanol–water partition coefficient (Wildman–Crippen LogP) is -3.43. The standard InChI is InChI=1S/C30H47N9O11/c1-30(2,3)23(27(48)35-16(6-4-5-8-31)24(45)36-17(7-9-40)28(49)50)39-25(46)18(12-21(32)44)37-26(47)22(38-29(33)34)14-10-19(42)15(13-41)20(43)11-14/h9-11,16-18,22-23,41-43H,4-8,12-13,31H2,1-3H3,(H2,32,44)(H,35,48)(H,36,45)(H,37,47)(H,39,46)(H,49,50)(H4,33,34,38)/t16-,17-,18-,22+,23?/m0/s1. The zero-order valence-electron chi connectivity index (χ0n) is 28.0. The van der Waals surface area contributed by atoms with Gasteiger partial charge >= 0.3 is 5.97 Å². The number of aldehydes is 1. The van der Waals surface area contributed by atoms with Crippen molar-refractivity contribution in [2.45, 2.75) is 89.7 Å². The highest BCUT2D eigenvalue weighted by Crippen LogP contribution is 2.33. The molecule has 0 aliphatic rings. The smallest absolute Gasteiger partial charge is 0.326 e. The van der Waals surface area contributed by atoms with E-state index in [0.29, 0.717) is 19.1 Å². The number of carboxylic acid groups (broad SMARTS) is 1. The van der Waals surface area contributed by atoms with E-state index in [9.17, 15) is 54.0 Å². The normalized spacial score (nSPS) is 14.1. The lowest BCUT2D eigenvalue weighted by Gasteiger charge is -2.33. The van der Waals surface area contributed by atoms with E-state index in [1.54, 1.807) is 20.8 Å². The first-order chi connectivity index (χ1) is 23.3. The minimum Gasteiger partial charge on any atom is -0.507 e. The fourth-order valence-corrected chi connectivity index (χ4v) is 4.60. The summed E-state index contributed by atoms with van der Waals surface area (Å²) in [6.07, 6.45) is -0.178. The van der Waals surface area contributed by atoms with Crippen molar-refractivity contribution in [3.05, 3.63) is 23.3 Å². The minimum atomic E-state index is -1.73. The Kier molecular flexibility index (Phi) is 16.6. The van der Waals surface area contributed by atoms with Crippen molar-refractivity contribution in [2.24, 2.45) is 33.3 Å². The molecule has 0 aliphatic carbocycles. The molecule has 20 nitrogen and oxygen atoms in total. The molecule has 0 heterocycles. The highest BCUT2D eigenvalue weighted by atomic mass is 16.4. The van der Waals surface area contributed by atoms with Crippen LogP contribution in [0.1, 0.15) is 70.0 Å². The molecule has 16 N–H and O–H groups in total. The van der Waals surface area contributed by atoms with Crippen LogP contribution in [0.3, 0.4) is 0 Å². The number of rotatable bonds is 20. The Morgan fingerprint density at radius 2 is 1.38 bits per heavy atom. The first-order valence-electron chi connectivity index (χ1n) is 15.4. The first kappa shape index (κ1) is 42.5. The third-order valence-electron chi connectivity index (χ3n) is 7.21. The Balaban J connectivity index is 3.41. The molecule has 0 fully saturated rings. The van der Waals surface area contributed by atoms with Crippen molar-refractivity contribution in [3.63, 3.8) is 0 Å². The number of carboxylic acids is 1. The van der Waals surface area contributed by atoms with Crippen LogP contribution in [-0.4, -0.2) is 98.9 Å². The first-order valence-corrected chi connectivity index (χ1v) is 15.4. The number of guanidine groups is 1. The Morgan fingerprint density at radius 3 is 1.84 bits per heavy atom. The number of nitrogens with two attached hydrogens (primary N) is 4.